The summed E-state index contributed by atoms with van der Waals surface area (Å²) in [6.07, 6.45) is 3.71. The number of amides is 1. The Labute approximate surface area is 80.5 Å². The highest BCUT2D eigenvalue weighted by molar-refractivity contribution is 5.76. The maximum absolute atomic E-state index is 11.3. The average Bonchev–Trinajstić information content (AvgIpc) is 2.04. The fraction of sp³-hybridized carbons (Fsp3) is 0.900. The van der Waals surface area contributed by atoms with E-state index in [1.54, 1.807) is 0 Å². The maximum Gasteiger partial charge on any atom is 0.220 e. The number of nitrogens with one attached hydrogen (secondary N) is 1. The fourth-order valence-corrected chi connectivity index (χ4v) is 1.02. The molecule has 0 aliphatic rings. The van der Waals surface area contributed by atoms with E-state index in [0.29, 0.717) is 6.42 Å². The van der Waals surface area contributed by atoms with E-state index >= 15 is 0 Å². The molecule has 0 radical (unpaired) electrons. The lowest BCUT2D eigenvalue weighted by Gasteiger charge is -2.23. The van der Waals surface area contributed by atoms with Crippen LogP contribution in [0.5, 0.6) is 0 Å². The van der Waals surface area contributed by atoms with Crippen LogP contribution in [0, 0.1) is 0 Å². The van der Waals surface area contributed by atoms with Crippen LogP contribution in [0.4, 0.5) is 0 Å². The molecule has 0 spiro atoms. The van der Waals surface area contributed by atoms with Crippen molar-refractivity contribution >= 4 is 5.91 Å². The molecule has 78 valence electrons. The van der Waals surface area contributed by atoms with E-state index in [0.717, 1.165) is 19.3 Å². The van der Waals surface area contributed by atoms with Gasteiger partial charge in [0.05, 0.1) is 12.1 Å². The number of hydrogen-bond donors (Lipinski definition) is 2. The third-order valence-corrected chi connectivity index (χ3v) is 1.88. The zero-order chi connectivity index (χ0) is 10.3. The molecule has 3 heteroatoms. The minimum atomic E-state index is -0.483. The zero-order valence-corrected chi connectivity index (χ0v) is 8.89. The van der Waals surface area contributed by atoms with E-state index in [1.165, 1.54) is 0 Å². The van der Waals surface area contributed by atoms with Crippen molar-refractivity contribution in [3.63, 3.8) is 0 Å². The lowest BCUT2D eigenvalue weighted by Crippen LogP contribution is -2.46. The minimum absolute atomic E-state index is 0.0213. The van der Waals surface area contributed by atoms with Crippen LogP contribution < -0.4 is 5.32 Å². The first kappa shape index (κ1) is 12.4. The highest BCUT2D eigenvalue weighted by atomic mass is 16.3. The lowest BCUT2D eigenvalue weighted by atomic mass is 10.1. The molecule has 0 rings (SSSR count). The van der Waals surface area contributed by atoms with Crippen LogP contribution in [0.25, 0.3) is 0 Å². The molecule has 0 heterocycles. The third-order valence-electron chi connectivity index (χ3n) is 1.88. The molecule has 0 aromatic rings. The first-order valence-corrected chi connectivity index (χ1v) is 4.93. The Bertz CT molecular complexity index is 155. The molecule has 3 nitrogen and oxygen atoms in total. The molecule has 0 saturated carbocycles. The van der Waals surface area contributed by atoms with E-state index in [1.807, 2.05) is 13.8 Å². The first-order valence-electron chi connectivity index (χ1n) is 4.93. The number of aliphatic hydroxyl groups is 1. The molecule has 13 heavy (non-hydrogen) atoms. The summed E-state index contributed by atoms with van der Waals surface area (Å²) in [5, 5.41) is 11.7. The summed E-state index contributed by atoms with van der Waals surface area (Å²) in [4.78, 5) is 11.3. The Morgan fingerprint density at radius 3 is 2.46 bits per heavy atom. The van der Waals surface area contributed by atoms with Crippen LogP contribution in [-0.4, -0.2) is 23.2 Å². The van der Waals surface area contributed by atoms with Crippen molar-refractivity contribution < 1.29 is 9.90 Å². The molecular weight excluding hydrogens is 166 g/mol. The Morgan fingerprint density at radius 2 is 2.00 bits per heavy atom. The number of carbonyl (C=O) groups is 1. The van der Waals surface area contributed by atoms with Crippen LogP contribution >= 0.6 is 0 Å². The van der Waals surface area contributed by atoms with Gasteiger partial charge in [0.2, 0.25) is 5.91 Å². The molecule has 0 atom stereocenters. The summed E-state index contributed by atoms with van der Waals surface area (Å²) in [6.45, 7) is 5.71. The molecule has 0 aromatic carbocycles. The molecular formula is C10H21NO2. The first-order chi connectivity index (χ1) is 6.02. The molecule has 0 fully saturated rings. The monoisotopic (exact) mass is 187 g/mol. The van der Waals surface area contributed by atoms with Crippen LogP contribution in [0.3, 0.4) is 0 Å². The summed E-state index contributed by atoms with van der Waals surface area (Å²) >= 11 is 0. The smallest absolute Gasteiger partial charge is 0.220 e. The standard InChI is InChI=1S/C10H21NO2/c1-4-5-6-7-9(13)11-10(2,3)8-12/h12H,4-8H2,1-3H3,(H,11,13). The average molecular weight is 187 g/mol. The molecule has 1 amide bonds. The van der Waals surface area contributed by atoms with Gasteiger partial charge in [0.25, 0.3) is 0 Å². The fourth-order valence-electron chi connectivity index (χ4n) is 1.02. The number of carbonyl (C=O) groups excluding carboxylic acids is 1. The van der Waals surface area contributed by atoms with Gasteiger partial charge in [0, 0.05) is 6.42 Å². The van der Waals surface area contributed by atoms with E-state index in [-0.39, 0.29) is 12.5 Å². The van der Waals surface area contributed by atoms with Crippen LogP contribution in [0.15, 0.2) is 0 Å². The predicted molar refractivity (Wildman–Crippen MR) is 53.4 cm³/mol. The molecule has 0 aliphatic heterocycles. The molecule has 0 aliphatic carbocycles. The predicted octanol–water partition coefficient (Wildman–Crippen LogP) is 1.45. The van der Waals surface area contributed by atoms with Gasteiger partial charge in [-0.25, -0.2) is 0 Å². The van der Waals surface area contributed by atoms with Crippen LogP contribution in [-0.2, 0) is 4.79 Å². The van der Waals surface area contributed by atoms with Gasteiger partial charge in [0.15, 0.2) is 0 Å². The van der Waals surface area contributed by atoms with Gasteiger partial charge >= 0.3 is 0 Å². The molecule has 0 unspecified atom stereocenters. The Morgan fingerprint density at radius 1 is 1.38 bits per heavy atom. The normalized spacial score (nSPS) is 11.4. The topological polar surface area (TPSA) is 49.3 Å². The van der Waals surface area contributed by atoms with Crippen molar-refractivity contribution in [2.24, 2.45) is 0 Å². The summed E-state index contributed by atoms with van der Waals surface area (Å²) in [7, 11) is 0. The van der Waals surface area contributed by atoms with Crippen molar-refractivity contribution in [3.8, 4) is 0 Å². The van der Waals surface area contributed by atoms with Gasteiger partial charge < -0.3 is 10.4 Å². The Balaban J connectivity index is 3.62. The lowest BCUT2D eigenvalue weighted by molar-refractivity contribution is -0.123. The van der Waals surface area contributed by atoms with Crippen LogP contribution in [0.2, 0.25) is 0 Å². The summed E-state index contributed by atoms with van der Waals surface area (Å²) < 4.78 is 0. The SMILES string of the molecule is CCCCCC(=O)NC(C)(C)CO. The summed E-state index contributed by atoms with van der Waals surface area (Å²) in [5.74, 6) is 0.0347. The number of hydrogen-bond acceptors (Lipinski definition) is 2. The second-order valence-electron chi connectivity index (χ2n) is 4.05. The van der Waals surface area contributed by atoms with Crippen molar-refractivity contribution in [1.29, 1.82) is 0 Å². The van der Waals surface area contributed by atoms with Gasteiger partial charge in [-0.05, 0) is 20.3 Å². The second-order valence-corrected chi connectivity index (χ2v) is 4.05. The van der Waals surface area contributed by atoms with Crippen molar-refractivity contribution in [3.05, 3.63) is 0 Å². The van der Waals surface area contributed by atoms with Gasteiger partial charge in [-0.3, -0.25) is 4.79 Å². The van der Waals surface area contributed by atoms with E-state index in [2.05, 4.69) is 12.2 Å². The number of rotatable bonds is 6. The van der Waals surface area contributed by atoms with Crippen molar-refractivity contribution in [2.75, 3.05) is 6.61 Å². The maximum atomic E-state index is 11.3. The van der Waals surface area contributed by atoms with E-state index in [4.69, 9.17) is 5.11 Å². The van der Waals surface area contributed by atoms with E-state index < -0.39 is 5.54 Å². The summed E-state index contributed by atoms with van der Waals surface area (Å²) in [6, 6.07) is 0. The van der Waals surface area contributed by atoms with Crippen molar-refractivity contribution in [2.45, 2.75) is 52.0 Å². The minimum Gasteiger partial charge on any atom is -0.394 e. The zero-order valence-electron chi connectivity index (χ0n) is 8.89. The second kappa shape index (κ2) is 5.97. The quantitative estimate of drug-likeness (QED) is 0.618. The third kappa shape index (κ3) is 6.58. The number of aliphatic hydroxyl groups excluding tert-OH is 1. The molecule has 0 saturated heterocycles. The highest BCUT2D eigenvalue weighted by Crippen LogP contribution is 2.03. The molecule has 0 aromatic heterocycles. The van der Waals surface area contributed by atoms with Crippen molar-refractivity contribution in [1.82, 2.24) is 5.32 Å². The Hall–Kier alpha value is -0.570. The molecule has 2 N–H and O–H groups in total. The van der Waals surface area contributed by atoms with Gasteiger partial charge in [0.1, 0.15) is 0 Å². The van der Waals surface area contributed by atoms with Crippen LogP contribution in [0.1, 0.15) is 46.5 Å². The van der Waals surface area contributed by atoms with Gasteiger partial charge in [-0.2, -0.15) is 0 Å². The summed E-state index contributed by atoms with van der Waals surface area (Å²) in [5.41, 5.74) is -0.483. The number of unbranched alkanes of at least 4 members (excludes halogenated alkanes) is 2. The molecule has 0 bridgehead atoms. The highest BCUT2D eigenvalue weighted by Gasteiger charge is 2.18. The van der Waals surface area contributed by atoms with E-state index in [9.17, 15) is 4.79 Å². The van der Waals surface area contributed by atoms with Gasteiger partial charge in [-0.15, -0.1) is 0 Å². The Kier molecular flexibility index (Phi) is 5.71. The largest absolute Gasteiger partial charge is 0.394 e. The van der Waals surface area contributed by atoms with Gasteiger partial charge in [-0.1, -0.05) is 19.8 Å².